The van der Waals surface area contributed by atoms with Crippen LogP contribution in [-0.2, 0) is 9.53 Å². The predicted octanol–water partition coefficient (Wildman–Crippen LogP) is 7.77. The average Bonchev–Trinajstić information content (AvgIpc) is 3.70. The Labute approximate surface area is 265 Å². The van der Waals surface area contributed by atoms with Crippen LogP contribution in [0, 0.1) is 0 Å². The number of benzene rings is 4. The van der Waals surface area contributed by atoms with Gasteiger partial charge in [0.2, 0.25) is 0 Å². The summed E-state index contributed by atoms with van der Waals surface area (Å²) in [5.41, 5.74) is 5.04. The van der Waals surface area contributed by atoms with Gasteiger partial charge in [0.1, 0.15) is 17.3 Å². The molecule has 1 aliphatic heterocycles. The molecule has 1 aliphatic rings. The minimum absolute atomic E-state index is 0.0658. The van der Waals surface area contributed by atoms with Gasteiger partial charge < -0.3 is 18.7 Å². The third kappa shape index (κ3) is 6.37. The summed E-state index contributed by atoms with van der Waals surface area (Å²) < 4.78 is 46.5. The van der Waals surface area contributed by atoms with E-state index in [2.05, 4.69) is 4.74 Å². The van der Waals surface area contributed by atoms with Crippen LogP contribution in [0.5, 0.6) is 11.5 Å². The highest BCUT2D eigenvalue weighted by molar-refractivity contribution is 6.43. The lowest BCUT2D eigenvalue weighted by atomic mass is 10.0. The lowest BCUT2D eigenvalue weighted by Crippen LogP contribution is -2.14. The van der Waals surface area contributed by atoms with Crippen molar-refractivity contribution in [1.82, 2.24) is 4.48 Å². The first-order chi connectivity index (χ1) is 22.4. The molecule has 0 radical (unpaired) electrons. The molecule has 2 heterocycles. The van der Waals surface area contributed by atoms with E-state index in [9.17, 15) is 4.79 Å². The highest BCUT2D eigenvalue weighted by Crippen LogP contribution is 2.41. The van der Waals surface area contributed by atoms with E-state index in [0.717, 1.165) is 15.6 Å². The minimum atomic E-state index is -2.89. The molecule has 0 spiro atoms. The van der Waals surface area contributed by atoms with E-state index in [1.165, 1.54) is 7.11 Å². The molecule has 46 heavy (non-hydrogen) atoms. The zero-order chi connectivity index (χ0) is 32.0. The summed E-state index contributed by atoms with van der Waals surface area (Å²) in [5.74, 6) is 0.955. The summed E-state index contributed by atoms with van der Waals surface area (Å²) in [5, 5.41) is 0. The molecule has 0 saturated heterocycles. The highest BCUT2D eigenvalue weighted by atomic mass is 19.2. The molecule has 7 nitrogen and oxygen atoms in total. The van der Waals surface area contributed by atoms with Crippen molar-refractivity contribution in [2.75, 3.05) is 20.8 Å². The van der Waals surface area contributed by atoms with Crippen LogP contribution in [0.15, 0.2) is 131 Å². The summed E-state index contributed by atoms with van der Waals surface area (Å²) >= 11 is 0. The smallest absolute Gasteiger partial charge is 0.497 e. The van der Waals surface area contributed by atoms with E-state index in [4.69, 9.17) is 19.5 Å². The molecule has 4 aromatic carbocycles. The lowest BCUT2D eigenvalue weighted by Gasteiger charge is -2.11. The van der Waals surface area contributed by atoms with Crippen molar-refractivity contribution >= 4 is 36.3 Å². The Balaban J connectivity index is 1.51. The van der Waals surface area contributed by atoms with E-state index >= 15 is 8.63 Å². The van der Waals surface area contributed by atoms with Crippen LogP contribution in [-0.4, -0.2) is 50.2 Å². The SMILES string of the molecule is COC(=O)COc1ccc(C2=CC(c3ccccc3)=N/C2=N\c2c(-c3ccc(OC)cc3)cc(-c3ccccc3)n2B(F)F)cc1. The second kappa shape index (κ2) is 13.5. The summed E-state index contributed by atoms with van der Waals surface area (Å²) in [6.45, 7) is -0.227. The van der Waals surface area contributed by atoms with E-state index in [0.29, 0.717) is 45.2 Å². The Morgan fingerprint density at radius 1 is 0.783 bits per heavy atom. The van der Waals surface area contributed by atoms with Gasteiger partial charge in [0.25, 0.3) is 0 Å². The minimum Gasteiger partial charge on any atom is -0.497 e. The number of nitrogens with zero attached hydrogens (tertiary/aromatic N) is 3. The Kier molecular flexibility index (Phi) is 8.87. The van der Waals surface area contributed by atoms with Gasteiger partial charge in [0, 0.05) is 22.4 Å². The van der Waals surface area contributed by atoms with Crippen LogP contribution >= 0.6 is 0 Å². The lowest BCUT2D eigenvalue weighted by molar-refractivity contribution is -0.142. The monoisotopic (exact) mass is 615 g/mol. The largest absolute Gasteiger partial charge is 0.679 e. The molecule has 0 unspecified atom stereocenters. The number of hydrogen-bond acceptors (Lipinski definition) is 5. The van der Waals surface area contributed by atoms with Crippen molar-refractivity contribution < 1.29 is 27.6 Å². The highest BCUT2D eigenvalue weighted by Gasteiger charge is 2.30. The first kappa shape index (κ1) is 30.3. The Morgan fingerprint density at radius 2 is 1.39 bits per heavy atom. The maximum Gasteiger partial charge on any atom is 0.679 e. The van der Waals surface area contributed by atoms with Gasteiger partial charge in [-0.05, 0) is 53.1 Å². The fourth-order valence-corrected chi connectivity index (χ4v) is 5.14. The summed E-state index contributed by atoms with van der Waals surface area (Å²) in [4.78, 5) is 21.3. The van der Waals surface area contributed by atoms with Gasteiger partial charge in [0.15, 0.2) is 12.4 Å². The molecule has 0 atom stereocenters. The number of methoxy groups -OCH3 is 2. The van der Waals surface area contributed by atoms with Gasteiger partial charge in [-0.3, -0.25) is 8.63 Å². The summed E-state index contributed by atoms with van der Waals surface area (Å²) in [7, 11) is -0.0274. The molecule has 228 valence electrons. The van der Waals surface area contributed by atoms with Crippen LogP contribution in [0.2, 0.25) is 0 Å². The third-order valence-corrected chi connectivity index (χ3v) is 7.45. The predicted molar refractivity (Wildman–Crippen MR) is 177 cm³/mol. The molecule has 0 bridgehead atoms. The standard InChI is InChI=1S/C36H28BF2N3O4/c1-44-28-17-13-25(14-18-28)31-22-33(27-11-7-4-8-12-27)42(37(38)39)36(31)41-35-30(21-32(40-35)26-9-5-3-6-10-26)24-15-19-29(20-16-24)46-23-34(43)45-2/h3-22H,23H2,1-2H3/b41-35-. The molecular weight excluding hydrogens is 587 g/mol. The fourth-order valence-electron chi connectivity index (χ4n) is 5.14. The van der Waals surface area contributed by atoms with E-state index in [1.807, 2.05) is 78.9 Å². The van der Waals surface area contributed by atoms with Gasteiger partial charge in [0.05, 0.1) is 19.9 Å². The molecule has 0 saturated carbocycles. The fraction of sp³-hybridized carbons (Fsp3) is 0.0833. The molecular formula is C36H28BF2N3O4. The topological polar surface area (TPSA) is 74.4 Å². The van der Waals surface area contributed by atoms with Crippen molar-refractivity contribution in [2.45, 2.75) is 0 Å². The van der Waals surface area contributed by atoms with Crippen LogP contribution < -0.4 is 9.47 Å². The van der Waals surface area contributed by atoms with Crippen molar-refractivity contribution in [1.29, 1.82) is 0 Å². The van der Waals surface area contributed by atoms with Crippen LogP contribution in [0.3, 0.4) is 0 Å². The molecule has 0 amide bonds. The second-order valence-electron chi connectivity index (χ2n) is 10.3. The number of aromatic nitrogens is 1. The molecule has 10 heteroatoms. The quantitative estimate of drug-likeness (QED) is 0.119. The third-order valence-electron chi connectivity index (χ3n) is 7.45. The second-order valence-corrected chi connectivity index (χ2v) is 10.3. The van der Waals surface area contributed by atoms with Crippen molar-refractivity contribution in [2.24, 2.45) is 9.98 Å². The number of hydrogen-bond donors (Lipinski definition) is 0. The maximum absolute atomic E-state index is 15.0. The number of carbonyl (C=O) groups excluding carboxylic acids is 1. The maximum atomic E-state index is 15.0. The Morgan fingerprint density at radius 3 is 2.00 bits per heavy atom. The number of amidine groups is 1. The number of aliphatic imine (C=N–C) groups is 2. The molecule has 0 aliphatic carbocycles. The van der Waals surface area contributed by atoms with Gasteiger partial charge in [-0.2, -0.15) is 0 Å². The van der Waals surface area contributed by atoms with E-state index in [1.54, 1.807) is 49.6 Å². The molecule has 0 N–H and O–H groups in total. The first-order valence-electron chi connectivity index (χ1n) is 14.4. The summed E-state index contributed by atoms with van der Waals surface area (Å²) in [6, 6.07) is 34.6. The number of carbonyl (C=O) groups is 1. The number of esters is 1. The molecule has 1 aromatic heterocycles. The normalized spacial score (nSPS) is 13.3. The van der Waals surface area contributed by atoms with Crippen LogP contribution in [0.25, 0.3) is 28.0 Å². The number of ether oxygens (including phenoxy) is 3. The van der Waals surface area contributed by atoms with Crippen LogP contribution in [0.1, 0.15) is 11.1 Å². The van der Waals surface area contributed by atoms with Crippen molar-refractivity contribution in [3.05, 3.63) is 132 Å². The van der Waals surface area contributed by atoms with Crippen molar-refractivity contribution in [3.63, 3.8) is 0 Å². The molecule has 0 fully saturated rings. The Hall–Kier alpha value is -5.77. The zero-order valence-electron chi connectivity index (χ0n) is 25.1. The van der Waals surface area contributed by atoms with Crippen LogP contribution in [0.4, 0.5) is 14.4 Å². The molecule has 6 rings (SSSR count). The number of allylic oxidation sites excluding steroid dienone is 1. The van der Waals surface area contributed by atoms with Gasteiger partial charge >= 0.3 is 13.4 Å². The first-order valence-corrected chi connectivity index (χ1v) is 14.4. The van der Waals surface area contributed by atoms with Gasteiger partial charge in [-0.25, -0.2) is 14.8 Å². The number of halogens is 2. The Bertz CT molecular complexity index is 1940. The van der Waals surface area contributed by atoms with E-state index in [-0.39, 0.29) is 18.3 Å². The van der Waals surface area contributed by atoms with Gasteiger partial charge in [-0.15, -0.1) is 0 Å². The number of rotatable bonds is 10. The van der Waals surface area contributed by atoms with Crippen molar-refractivity contribution in [3.8, 4) is 33.9 Å². The summed E-state index contributed by atoms with van der Waals surface area (Å²) in [6.07, 6.45) is 1.89. The van der Waals surface area contributed by atoms with E-state index < -0.39 is 13.4 Å². The zero-order valence-corrected chi connectivity index (χ0v) is 25.1. The average molecular weight is 615 g/mol. The molecule has 5 aromatic rings. The van der Waals surface area contributed by atoms with Gasteiger partial charge in [-0.1, -0.05) is 84.9 Å².